The number of halogens is 1. The predicted molar refractivity (Wildman–Crippen MR) is 86.5 cm³/mol. The summed E-state index contributed by atoms with van der Waals surface area (Å²) in [5.74, 6) is 2.04. The number of nitrogens with zero attached hydrogens (tertiary/aromatic N) is 1. The summed E-state index contributed by atoms with van der Waals surface area (Å²) >= 11 is 5.43. The summed E-state index contributed by atoms with van der Waals surface area (Å²) in [6.45, 7) is 0. The van der Waals surface area contributed by atoms with Crippen molar-refractivity contribution < 1.29 is 0 Å². The Labute approximate surface area is 126 Å². The highest BCUT2D eigenvalue weighted by Gasteiger charge is 2.16. The van der Waals surface area contributed by atoms with Gasteiger partial charge in [0, 0.05) is 20.5 Å². The summed E-state index contributed by atoms with van der Waals surface area (Å²) in [5, 5.41) is 1.16. The maximum Gasteiger partial charge on any atom is 0.0715 e. The molecule has 1 saturated carbocycles. The molecule has 4 heteroatoms. The molecule has 0 unspecified atom stereocenters. The van der Waals surface area contributed by atoms with E-state index in [1.807, 2.05) is 23.9 Å². The van der Waals surface area contributed by atoms with E-state index in [0.717, 1.165) is 27.0 Å². The van der Waals surface area contributed by atoms with Gasteiger partial charge in [0.2, 0.25) is 0 Å². The second kappa shape index (κ2) is 5.71. The third-order valence-electron chi connectivity index (χ3n) is 3.75. The van der Waals surface area contributed by atoms with Gasteiger partial charge in [-0.15, -0.1) is 11.8 Å². The van der Waals surface area contributed by atoms with Crippen LogP contribution in [0.4, 0.5) is 5.69 Å². The van der Waals surface area contributed by atoms with Crippen molar-refractivity contribution in [3.05, 3.63) is 28.9 Å². The molecule has 1 aliphatic rings. The fourth-order valence-electron chi connectivity index (χ4n) is 2.70. The number of pyridine rings is 1. The number of nitrogen functional groups attached to an aromatic ring is 1. The first kappa shape index (κ1) is 13.3. The number of benzene rings is 1. The number of rotatable bonds is 3. The largest absolute Gasteiger partial charge is 0.397 e. The standard InChI is InChI=1S/C15H17BrN2S/c16-11-5-6-14-12(7-11)15(13(17)8-18-14)19-9-10-3-1-2-4-10/h5-8,10H,1-4,9,17H2. The molecule has 0 bridgehead atoms. The molecule has 100 valence electrons. The summed E-state index contributed by atoms with van der Waals surface area (Å²) in [5.41, 5.74) is 7.94. The van der Waals surface area contributed by atoms with E-state index in [-0.39, 0.29) is 0 Å². The molecule has 2 nitrogen and oxygen atoms in total. The minimum Gasteiger partial charge on any atom is -0.397 e. The van der Waals surface area contributed by atoms with Crippen molar-refractivity contribution in [1.29, 1.82) is 0 Å². The molecule has 1 fully saturated rings. The zero-order valence-electron chi connectivity index (χ0n) is 10.7. The van der Waals surface area contributed by atoms with Crippen molar-refractivity contribution in [3.8, 4) is 0 Å². The average Bonchev–Trinajstić information content (AvgIpc) is 2.91. The topological polar surface area (TPSA) is 38.9 Å². The molecule has 1 aliphatic carbocycles. The van der Waals surface area contributed by atoms with Gasteiger partial charge in [0.1, 0.15) is 0 Å². The molecule has 0 aliphatic heterocycles. The Morgan fingerprint density at radius 1 is 1.32 bits per heavy atom. The Bertz CT molecular complexity index is 589. The van der Waals surface area contributed by atoms with Gasteiger partial charge in [-0.2, -0.15) is 0 Å². The molecule has 0 amide bonds. The van der Waals surface area contributed by atoms with Gasteiger partial charge >= 0.3 is 0 Å². The molecule has 1 heterocycles. The Kier molecular flexibility index (Phi) is 3.99. The zero-order valence-corrected chi connectivity index (χ0v) is 13.1. The van der Waals surface area contributed by atoms with Crippen LogP contribution in [0.25, 0.3) is 10.9 Å². The normalized spacial score (nSPS) is 16.3. The summed E-state index contributed by atoms with van der Waals surface area (Å²) in [4.78, 5) is 5.60. The maximum atomic E-state index is 6.12. The summed E-state index contributed by atoms with van der Waals surface area (Å²) in [7, 11) is 0. The number of fused-ring (bicyclic) bond motifs is 1. The fourth-order valence-corrected chi connectivity index (χ4v) is 4.33. The third-order valence-corrected chi connectivity index (χ3v) is 5.62. The van der Waals surface area contributed by atoms with Crippen LogP contribution in [-0.2, 0) is 0 Å². The monoisotopic (exact) mass is 336 g/mol. The van der Waals surface area contributed by atoms with E-state index in [0.29, 0.717) is 0 Å². The quantitative estimate of drug-likeness (QED) is 0.813. The third kappa shape index (κ3) is 2.90. The molecule has 19 heavy (non-hydrogen) atoms. The molecule has 1 aromatic carbocycles. The molecule has 1 aromatic heterocycles. The number of hydrogen-bond donors (Lipinski definition) is 1. The van der Waals surface area contributed by atoms with Gasteiger partial charge in [0.25, 0.3) is 0 Å². The van der Waals surface area contributed by atoms with Crippen LogP contribution in [0.3, 0.4) is 0 Å². The Morgan fingerprint density at radius 3 is 2.89 bits per heavy atom. The van der Waals surface area contributed by atoms with Gasteiger partial charge in [0.05, 0.1) is 17.4 Å². The van der Waals surface area contributed by atoms with E-state index in [2.05, 4.69) is 27.0 Å². The molecule has 0 saturated heterocycles. The fraction of sp³-hybridized carbons (Fsp3) is 0.400. The second-order valence-electron chi connectivity index (χ2n) is 5.17. The van der Waals surface area contributed by atoms with Crippen molar-refractivity contribution in [1.82, 2.24) is 4.98 Å². The van der Waals surface area contributed by atoms with Crippen molar-refractivity contribution in [2.45, 2.75) is 30.6 Å². The lowest BCUT2D eigenvalue weighted by Gasteiger charge is -2.12. The zero-order chi connectivity index (χ0) is 13.2. The highest BCUT2D eigenvalue weighted by atomic mass is 79.9. The van der Waals surface area contributed by atoms with E-state index in [1.165, 1.54) is 36.3 Å². The van der Waals surface area contributed by atoms with Crippen molar-refractivity contribution >= 4 is 44.3 Å². The first-order valence-electron chi connectivity index (χ1n) is 6.70. The van der Waals surface area contributed by atoms with Crippen LogP contribution < -0.4 is 5.73 Å². The SMILES string of the molecule is Nc1cnc2ccc(Br)cc2c1SCC1CCCC1. The van der Waals surface area contributed by atoms with E-state index in [4.69, 9.17) is 5.73 Å². The lowest BCUT2D eigenvalue weighted by atomic mass is 10.1. The van der Waals surface area contributed by atoms with E-state index in [1.54, 1.807) is 6.20 Å². The Morgan fingerprint density at radius 2 is 2.11 bits per heavy atom. The molecule has 0 atom stereocenters. The van der Waals surface area contributed by atoms with Crippen LogP contribution in [0.15, 0.2) is 33.8 Å². The van der Waals surface area contributed by atoms with E-state index < -0.39 is 0 Å². The predicted octanol–water partition coefficient (Wildman–Crippen LogP) is 4.86. The van der Waals surface area contributed by atoms with Crippen molar-refractivity contribution in [2.24, 2.45) is 5.92 Å². The van der Waals surface area contributed by atoms with Crippen LogP contribution in [0, 0.1) is 5.92 Å². The van der Waals surface area contributed by atoms with Crippen LogP contribution in [-0.4, -0.2) is 10.7 Å². The van der Waals surface area contributed by atoms with Gasteiger partial charge in [-0.05, 0) is 37.0 Å². The smallest absolute Gasteiger partial charge is 0.0715 e. The summed E-state index contributed by atoms with van der Waals surface area (Å²) in [6, 6.07) is 6.19. The molecule has 0 spiro atoms. The van der Waals surface area contributed by atoms with Gasteiger partial charge in [-0.25, -0.2) is 0 Å². The first-order valence-corrected chi connectivity index (χ1v) is 8.48. The highest BCUT2D eigenvalue weighted by molar-refractivity contribution is 9.10. The molecule has 2 N–H and O–H groups in total. The van der Waals surface area contributed by atoms with Crippen molar-refractivity contribution in [2.75, 3.05) is 11.5 Å². The molecular weight excluding hydrogens is 320 g/mol. The molecule has 2 aromatic rings. The lowest BCUT2D eigenvalue weighted by Crippen LogP contribution is -1.99. The van der Waals surface area contributed by atoms with Crippen LogP contribution in [0.5, 0.6) is 0 Å². The summed E-state index contributed by atoms with van der Waals surface area (Å²) < 4.78 is 1.08. The number of nitrogens with two attached hydrogens (primary N) is 1. The number of anilines is 1. The Hall–Kier alpha value is -0.740. The second-order valence-corrected chi connectivity index (χ2v) is 7.11. The van der Waals surface area contributed by atoms with Crippen LogP contribution in [0.1, 0.15) is 25.7 Å². The van der Waals surface area contributed by atoms with E-state index in [9.17, 15) is 0 Å². The van der Waals surface area contributed by atoms with Crippen LogP contribution in [0.2, 0.25) is 0 Å². The van der Waals surface area contributed by atoms with E-state index >= 15 is 0 Å². The summed E-state index contributed by atoms with van der Waals surface area (Å²) in [6.07, 6.45) is 7.32. The van der Waals surface area contributed by atoms with Crippen LogP contribution >= 0.6 is 27.7 Å². The minimum atomic E-state index is 0.800. The molecular formula is C15H17BrN2S. The number of aromatic nitrogens is 1. The van der Waals surface area contributed by atoms with Crippen molar-refractivity contribution in [3.63, 3.8) is 0 Å². The minimum absolute atomic E-state index is 0.800. The Balaban J connectivity index is 1.91. The number of thioether (sulfide) groups is 1. The highest BCUT2D eigenvalue weighted by Crippen LogP contribution is 2.37. The number of hydrogen-bond acceptors (Lipinski definition) is 3. The lowest BCUT2D eigenvalue weighted by molar-refractivity contribution is 0.623. The molecule has 3 rings (SSSR count). The first-order chi connectivity index (χ1) is 9.24. The molecule has 0 radical (unpaired) electrons. The van der Waals surface area contributed by atoms with Gasteiger partial charge in [0.15, 0.2) is 0 Å². The average molecular weight is 337 g/mol. The van der Waals surface area contributed by atoms with Gasteiger partial charge in [-0.1, -0.05) is 28.8 Å². The van der Waals surface area contributed by atoms with Gasteiger partial charge < -0.3 is 5.73 Å². The maximum absolute atomic E-state index is 6.12. The van der Waals surface area contributed by atoms with Gasteiger partial charge in [-0.3, -0.25) is 4.98 Å².